The van der Waals surface area contributed by atoms with Gasteiger partial charge in [0.25, 0.3) is 0 Å². The van der Waals surface area contributed by atoms with Crippen molar-refractivity contribution in [1.29, 1.82) is 0 Å². The van der Waals surface area contributed by atoms with E-state index in [2.05, 4.69) is 30.8 Å². The first kappa shape index (κ1) is 44.5. The molecule has 6 amide bonds. The minimum Gasteiger partial charge on any atom is -0.394 e. The van der Waals surface area contributed by atoms with Gasteiger partial charge in [-0.05, 0) is 43.7 Å². The summed E-state index contributed by atoms with van der Waals surface area (Å²) in [5.74, 6) is -4.81. The Morgan fingerprint density at radius 1 is 1.00 bits per heavy atom. The Bertz CT molecular complexity index is 1740. The van der Waals surface area contributed by atoms with Crippen LogP contribution in [0.1, 0.15) is 58.2 Å². The summed E-state index contributed by atoms with van der Waals surface area (Å²) in [4.78, 5) is 94.1. The molecular formula is C35H51N8O11P. The van der Waals surface area contributed by atoms with E-state index in [1.165, 1.54) is 31.3 Å². The second kappa shape index (κ2) is 20.7. The Labute approximate surface area is 319 Å². The van der Waals surface area contributed by atoms with Crippen molar-refractivity contribution in [2.45, 2.75) is 89.7 Å². The highest BCUT2D eigenvalue weighted by atomic mass is 31.2. The summed E-state index contributed by atoms with van der Waals surface area (Å²) in [6.07, 6.45) is 6.01. The first-order valence-corrected chi connectivity index (χ1v) is 19.2. The van der Waals surface area contributed by atoms with E-state index in [1.807, 2.05) is 44.2 Å². The molecule has 3 rings (SSSR count). The molecule has 1 aliphatic rings. The molecule has 1 fully saturated rings. The Morgan fingerprint density at radius 3 is 2.24 bits per heavy atom. The summed E-state index contributed by atoms with van der Waals surface area (Å²) in [6, 6.07) is 2.63. The summed E-state index contributed by atoms with van der Waals surface area (Å²) < 4.78 is 22.7. The number of phosphoric acid groups is 1. The number of nitrogens with one attached hydrogen (secondary N) is 4. The van der Waals surface area contributed by atoms with Crippen molar-refractivity contribution in [3.8, 4) is 0 Å². The number of carbonyl (C=O) groups is 6. The molecule has 2 aromatic rings. The highest BCUT2D eigenvalue weighted by Crippen LogP contribution is 2.43. The van der Waals surface area contributed by atoms with Crippen LogP contribution < -0.4 is 27.0 Å². The van der Waals surface area contributed by atoms with E-state index in [4.69, 9.17) is 10.3 Å². The van der Waals surface area contributed by atoms with E-state index in [1.54, 1.807) is 16.8 Å². The molecule has 0 spiro atoms. The summed E-state index contributed by atoms with van der Waals surface area (Å²) in [5, 5.41) is 20.1. The maximum atomic E-state index is 13.9. The van der Waals surface area contributed by atoms with Crippen LogP contribution in [0.3, 0.4) is 0 Å². The number of likely N-dealkylation sites (tertiary alicyclic amines) is 1. The van der Waals surface area contributed by atoms with Crippen molar-refractivity contribution >= 4 is 55.5 Å². The lowest BCUT2D eigenvalue weighted by Crippen LogP contribution is -2.61. The van der Waals surface area contributed by atoms with Gasteiger partial charge in [-0.3, -0.25) is 37.8 Å². The Morgan fingerprint density at radius 2 is 1.64 bits per heavy atom. The van der Waals surface area contributed by atoms with Crippen molar-refractivity contribution < 1.29 is 52.4 Å². The van der Waals surface area contributed by atoms with E-state index in [0.717, 1.165) is 12.7 Å². The maximum Gasteiger partial charge on any atom is 0.472 e. The number of rotatable bonds is 20. The zero-order valence-corrected chi connectivity index (χ0v) is 32.3. The van der Waals surface area contributed by atoms with Crippen LogP contribution in [-0.4, -0.2) is 116 Å². The minimum atomic E-state index is -4.62. The van der Waals surface area contributed by atoms with Crippen LogP contribution in [-0.2, 0) is 48.8 Å². The van der Waals surface area contributed by atoms with Crippen LogP contribution in [0.5, 0.6) is 0 Å². The summed E-state index contributed by atoms with van der Waals surface area (Å²) in [7, 11) is -3.73. The van der Waals surface area contributed by atoms with Gasteiger partial charge in [-0.1, -0.05) is 44.2 Å². The summed E-state index contributed by atoms with van der Waals surface area (Å²) in [6.45, 7) is 5.65. The second-order valence-corrected chi connectivity index (χ2v) is 15.0. The fraction of sp³-hybridized carbons (Fsp3) is 0.514. The predicted molar refractivity (Wildman–Crippen MR) is 199 cm³/mol. The topological polar surface area (TPSA) is 274 Å². The standard InChI is InChI=1S/C35H51N8O11P/c1-21(2)16-26(39-35(50)29-12-9-14-43(29)23(4)45)32(47)38-27(17-25-18-37-20-42(25)15-13-24-10-7-6-8-11-24)33(48)40-28(19-44)34(49)41-30(31(36)46)22(3)54-55(51,52)53-5/h6-8,10-11,13,15,18,20-22,26-30,44H,9,12,14,16-17,19H2,1-5H3,(H2,36,46)(H,38,47)(H,39,50)(H,40,48)(H,41,49)(H,51,52)/b15-13-/t22-,26+,27+,28+,29+,30+/m1/s1. The lowest BCUT2D eigenvalue weighted by Gasteiger charge is -2.28. The number of hydrogen-bond acceptors (Lipinski definition) is 11. The zero-order valence-electron chi connectivity index (χ0n) is 31.4. The Kier molecular flexibility index (Phi) is 16.7. The molecule has 8 N–H and O–H groups in total. The molecule has 1 saturated heterocycles. The van der Waals surface area contributed by atoms with Crippen LogP contribution in [0.4, 0.5) is 0 Å². The van der Waals surface area contributed by atoms with Crippen molar-refractivity contribution in [3.05, 3.63) is 54.1 Å². The van der Waals surface area contributed by atoms with Crippen LogP contribution in [0.2, 0.25) is 0 Å². The van der Waals surface area contributed by atoms with Crippen LogP contribution in [0.25, 0.3) is 12.3 Å². The van der Waals surface area contributed by atoms with Crippen molar-refractivity contribution in [1.82, 2.24) is 35.7 Å². The Hall–Kier alpha value is -4.94. The van der Waals surface area contributed by atoms with Gasteiger partial charge in [-0.25, -0.2) is 9.55 Å². The lowest BCUT2D eigenvalue weighted by molar-refractivity contribution is -0.139. The molecule has 19 nitrogen and oxygen atoms in total. The molecule has 7 atom stereocenters. The first-order chi connectivity index (χ1) is 26.0. The number of nitrogens with two attached hydrogens (primary N) is 1. The average molecular weight is 791 g/mol. The van der Waals surface area contributed by atoms with E-state index in [-0.39, 0.29) is 24.7 Å². The average Bonchev–Trinajstić information content (AvgIpc) is 3.81. The summed E-state index contributed by atoms with van der Waals surface area (Å²) >= 11 is 0. The van der Waals surface area contributed by atoms with Crippen LogP contribution >= 0.6 is 7.82 Å². The molecule has 0 radical (unpaired) electrons. The molecule has 0 bridgehead atoms. The SMILES string of the molecule is COP(=O)(O)O[C@H](C)[C@H](NC(=O)[C@H](CO)NC(=O)[C@H](Cc1cncn1/C=C\c1ccccc1)NC(=O)[C@H](CC(C)C)NC(=O)[C@@H]1CCCN1C(C)=O)C(N)=O. The third kappa shape index (κ3) is 13.4. The number of aliphatic hydroxyl groups is 1. The smallest absolute Gasteiger partial charge is 0.394 e. The third-order valence-electron chi connectivity index (χ3n) is 8.74. The largest absolute Gasteiger partial charge is 0.472 e. The Balaban J connectivity index is 1.89. The number of primary amides is 1. The van der Waals surface area contributed by atoms with Gasteiger partial charge in [0.2, 0.25) is 35.4 Å². The molecule has 55 heavy (non-hydrogen) atoms. The number of phosphoric ester groups is 1. The molecule has 1 aromatic carbocycles. The molecular weight excluding hydrogens is 739 g/mol. The number of benzene rings is 1. The number of amides is 6. The normalized spacial score (nSPS) is 18.1. The number of aliphatic hydroxyl groups excluding tert-OH is 1. The quantitative estimate of drug-likeness (QED) is 0.0851. The van der Waals surface area contributed by atoms with Gasteiger partial charge in [0.05, 0.1) is 19.0 Å². The third-order valence-corrected chi connectivity index (χ3v) is 9.80. The van der Waals surface area contributed by atoms with Gasteiger partial charge in [-0.15, -0.1) is 0 Å². The van der Waals surface area contributed by atoms with Crippen molar-refractivity contribution in [3.63, 3.8) is 0 Å². The molecule has 0 aliphatic carbocycles. The van der Waals surface area contributed by atoms with Crippen molar-refractivity contribution in [2.75, 3.05) is 20.3 Å². The highest BCUT2D eigenvalue weighted by Gasteiger charge is 2.37. The fourth-order valence-electron chi connectivity index (χ4n) is 5.89. The number of aromatic nitrogens is 2. The number of carbonyl (C=O) groups excluding carboxylic acids is 6. The molecule has 1 aliphatic heterocycles. The summed E-state index contributed by atoms with van der Waals surface area (Å²) in [5.41, 5.74) is 6.72. The van der Waals surface area contributed by atoms with Crippen LogP contribution in [0.15, 0.2) is 42.9 Å². The second-order valence-electron chi connectivity index (χ2n) is 13.4. The van der Waals surface area contributed by atoms with Gasteiger partial charge in [0, 0.05) is 45.1 Å². The molecule has 302 valence electrons. The molecule has 1 aromatic heterocycles. The van der Waals surface area contributed by atoms with Crippen LogP contribution in [0, 0.1) is 5.92 Å². The fourth-order valence-corrected chi connectivity index (χ4v) is 6.51. The van der Waals surface area contributed by atoms with Crippen molar-refractivity contribution in [2.24, 2.45) is 11.7 Å². The van der Waals surface area contributed by atoms with Gasteiger partial charge in [0.1, 0.15) is 30.2 Å². The van der Waals surface area contributed by atoms with E-state index in [9.17, 15) is 43.3 Å². The molecule has 20 heteroatoms. The highest BCUT2D eigenvalue weighted by molar-refractivity contribution is 7.47. The van der Waals surface area contributed by atoms with Gasteiger partial charge < -0.3 is 46.5 Å². The van der Waals surface area contributed by atoms with E-state index in [0.29, 0.717) is 25.1 Å². The number of hydrogen-bond donors (Lipinski definition) is 7. The van der Waals surface area contributed by atoms with E-state index < -0.39 is 80.3 Å². The molecule has 1 unspecified atom stereocenters. The first-order valence-electron chi connectivity index (χ1n) is 17.7. The maximum absolute atomic E-state index is 13.9. The number of nitrogens with zero attached hydrogens (tertiary/aromatic N) is 3. The lowest BCUT2D eigenvalue weighted by atomic mass is 10.0. The monoisotopic (exact) mass is 790 g/mol. The zero-order chi connectivity index (χ0) is 40.9. The number of imidazole rings is 1. The van der Waals surface area contributed by atoms with Gasteiger partial charge in [0.15, 0.2) is 0 Å². The molecule has 0 saturated carbocycles. The van der Waals surface area contributed by atoms with Gasteiger partial charge >= 0.3 is 7.82 Å². The van der Waals surface area contributed by atoms with E-state index >= 15 is 0 Å². The predicted octanol–water partition coefficient (Wildman–Crippen LogP) is -0.321. The van der Waals surface area contributed by atoms with Gasteiger partial charge in [-0.2, -0.15) is 0 Å². The molecule has 2 heterocycles. The minimum absolute atomic E-state index is 0.0870.